The number of benzene rings is 2. The fourth-order valence-electron chi connectivity index (χ4n) is 3.80. The van der Waals surface area contributed by atoms with Crippen LogP contribution in [0.25, 0.3) is 27.5 Å². The maximum atomic E-state index is 13.4. The van der Waals surface area contributed by atoms with Crippen molar-refractivity contribution >= 4 is 32.1 Å². The second kappa shape index (κ2) is 10.1. The van der Waals surface area contributed by atoms with Gasteiger partial charge in [0.25, 0.3) is 0 Å². The number of sulfonamides is 1. The van der Waals surface area contributed by atoms with E-state index < -0.39 is 15.8 Å². The van der Waals surface area contributed by atoms with E-state index in [0.717, 1.165) is 39.3 Å². The van der Waals surface area contributed by atoms with Crippen LogP contribution in [0.15, 0.2) is 83.3 Å². The number of methoxy groups -OCH3 is 1. The summed E-state index contributed by atoms with van der Waals surface area (Å²) in [6.07, 6.45) is 3.66. The zero-order valence-electron chi connectivity index (χ0n) is 19.2. The highest BCUT2D eigenvalue weighted by Crippen LogP contribution is 2.35. The minimum atomic E-state index is -3.81. The van der Waals surface area contributed by atoms with Gasteiger partial charge < -0.3 is 10.1 Å². The summed E-state index contributed by atoms with van der Waals surface area (Å²) in [4.78, 5) is 9.95. The number of ether oxygens (including phenoxy) is 1. The number of imidazole rings is 1. The average Bonchev–Trinajstić information content (AvgIpc) is 3.48. The molecule has 0 spiro atoms. The molecule has 0 amide bonds. The lowest BCUT2D eigenvalue weighted by Crippen LogP contribution is -2.29. The van der Waals surface area contributed by atoms with Gasteiger partial charge in [-0.1, -0.05) is 18.2 Å². The first kappa shape index (κ1) is 23.9. The van der Waals surface area contributed by atoms with E-state index in [-0.39, 0.29) is 18.0 Å². The van der Waals surface area contributed by atoms with Crippen molar-refractivity contribution in [2.75, 3.05) is 25.5 Å². The Hall–Kier alpha value is -3.80. The third kappa shape index (κ3) is 4.94. The summed E-state index contributed by atoms with van der Waals surface area (Å²) in [6.45, 7) is 0.384. The molecule has 0 radical (unpaired) electrons. The Morgan fingerprint density at radius 3 is 2.75 bits per heavy atom. The first-order chi connectivity index (χ1) is 17.4. The van der Waals surface area contributed by atoms with Crippen LogP contribution in [0.5, 0.6) is 5.75 Å². The molecule has 11 heteroatoms. The predicted molar refractivity (Wildman–Crippen MR) is 138 cm³/mol. The molecule has 5 aromatic rings. The van der Waals surface area contributed by atoms with Gasteiger partial charge in [-0.2, -0.15) is 0 Å². The maximum Gasteiger partial charge on any atom is 0.240 e. The fourth-order valence-corrected chi connectivity index (χ4v) is 5.58. The summed E-state index contributed by atoms with van der Waals surface area (Å²) >= 11 is 1.54. The minimum Gasteiger partial charge on any atom is -0.497 e. The number of thiazole rings is 1. The van der Waals surface area contributed by atoms with Crippen molar-refractivity contribution in [2.45, 2.75) is 4.90 Å². The second-order valence-electron chi connectivity index (χ2n) is 7.81. The molecule has 0 saturated heterocycles. The van der Waals surface area contributed by atoms with Gasteiger partial charge in [-0.25, -0.2) is 27.5 Å². The smallest absolute Gasteiger partial charge is 0.240 e. The van der Waals surface area contributed by atoms with E-state index in [9.17, 15) is 12.8 Å². The molecule has 2 aromatic carbocycles. The quantitative estimate of drug-likeness (QED) is 0.273. The number of hydrogen-bond acceptors (Lipinski definition) is 7. The Morgan fingerprint density at radius 1 is 1.06 bits per heavy atom. The molecule has 0 atom stereocenters. The van der Waals surface area contributed by atoms with E-state index in [1.54, 1.807) is 24.6 Å². The summed E-state index contributed by atoms with van der Waals surface area (Å²) in [6, 6.07) is 16.4. The molecule has 8 nitrogen and oxygen atoms in total. The molecule has 2 N–H and O–H groups in total. The largest absolute Gasteiger partial charge is 0.497 e. The van der Waals surface area contributed by atoms with Gasteiger partial charge in [-0.3, -0.25) is 4.40 Å². The van der Waals surface area contributed by atoms with Crippen LogP contribution in [-0.4, -0.2) is 43.0 Å². The average molecular weight is 524 g/mol. The lowest BCUT2D eigenvalue weighted by molar-refractivity contribution is 0.415. The summed E-state index contributed by atoms with van der Waals surface area (Å²) in [5, 5.41) is 5.12. The van der Waals surface area contributed by atoms with E-state index in [4.69, 9.17) is 9.72 Å². The molecule has 0 bridgehead atoms. The predicted octanol–water partition coefficient (Wildman–Crippen LogP) is 4.66. The van der Waals surface area contributed by atoms with Crippen molar-refractivity contribution < 1.29 is 17.5 Å². The number of halogens is 1. The van der Waals surface area contributed by atoms with Crippen LogP contribution in [0.4, 0.5) is 10.2 Å². The third-order valence-electron chi connectivity index (χ3n) is 5.47. The van der Waals surface area contributed by atoms with Crippen LogP contribution < -0.4 is 14.8 Å². The molecule has 184 valence electrons. The van der Waals surface area contributed by atoms with Crippen LogP contribution in [-0.2, 0) is 10.0 Å². The van der Waals surface area contributed by atoms with E-state index in [1.807, 2.05) is 52.4 Å². The zero-order chi connectivity index (χ0) is 25.1. The normalized spacial score (nSPS) is 11.6. The van der Waals surface area contributed by atoms with Gasteiger partial charge in [0.2, 0.25) is 10.0 Å². The number of nitrogens with zero attached hydrogens (tertiary/aromatic N) is 3. The number of rotatable bonds is 9. The van der Waals surface area contributed by atoms with Crippen molar-refractivity contribution in [3.05, 3.63) is 84.3 Å². The van der Waals surface area contributed by atoms with E-state index in [2.05, 4.69) is 15.0 Å². The summed E-state index contributed by atoms with van der Waals surface area (Å²) < 4.78 is 48.0. The van der Waals surface area contributed by atoms with Gasteiger partial charge >= 0.3 is 0 Å². The van der Waals surface area contributed by atoms with Crippen molar-refractivity contribution in [3.63, 3.8) is 0 Å². The first-order valence-corrected chi connectivity index (χ1v) is 13.4. The third-order valence-corrected chi connectivity index (χ3v) is 7.68. The van der Waals surface area contributed by atoms with Crippen LogP contribution in [0.2, 0.25) is 0 Å². The van der Waals surface area contributed by atoms with E-state index >= 15 is 0 Å². The second-order valence-corrected chi connectivity index (χ2v) is 10.4. The summed E-state index contributed by atoms with van der Waals surface area (Å²) in [7, 11) is -2.18. The number of hydrogen-bond donors (Lipinski definition) is 2. The number of anilines is 1. The first-order valence-electron chi connectivity index (χ1n) is 11.0. The molecule has 0 aliphatic rings. The van der Waals surface area contributed by atoms with Gasteiger partial charge in [-0.15, -0.1) is 11.3 Å². The van der Waals surface area contributed by atoms with Gasteiger partial charge in [0.1, 0.15) is 17.4 Å². The molecule has 0 aliphatic heterocycles. The molecular formula is C25H22FN5O3S2. The van der Waals surface area contributed by atoms with E-state index in [0.29, 0.717) is 5.82 Å². The SMILES string of the molecule is COc1cccc(-c2nc3sccn3c2-c2ccnc(NCCNS(=O)(=O)c3cccc(F)c3)c2)c1. The van der Waals surface area contributed by atoms with Crippen molar-refractivity contribution in [1.82, 2.24) is 19.1 Å². The van der Waals surface area contributed by atoms with E-state index in [1.165, 1.54) is 18.2 Å². The highest BCUT2D eigenvalue weighted by molar-refractivity contribution is 7.89. The van der Waals surface area contributed by atoms with Crippen molar-refractivity contribution in [2.24, 2.45) is 0 Å². The molecule has 0 unspecified atom stereocenters. The van der Waals surface area contributed by atoms with Crippen molar-refractivity contribution in [3.8, 4) is 28.3 Å². The summed E-state index contributed by atoms with van der Waals surface area (Å²) in [5.74, 6) is 0.719. The zero-order valence-corrected chi connectivity index (χ0v) is 20.8. The van der Waals surface area contributed by atoms with Gasteiger partial charge in [0, 0.05) is 42.0 Å². The molecule has 3 heterocycles. The Labute approximate surface area is 211 Å². The molecule has 0 saturated carbocycles. The Bertz CT molecular complexity index is 1630. The fraction of sp³-hybridized carbons (Fsp3) is 0.120. The number of aromatic nitrogens is 3. The highest BCUT2D eigenvalue weighted by Gasteiger charge is 2.18. The van der Waals surface area contributed by atoms with Crippen LogP contribution >= 0.6 is 11.3 Å². The molecule has 0 aliphatic carbocycles. The lowest BCUT2D eigenvalue weighted by Gasteiger charge is -2.10. The van der Waals surface area contributed by atoms with Crippen molar-refractivity contribution in [1.29, 1.82) is 0 Å². The van der Waals surface area contributed by atoms with Gasteiger partial charge in [0.15, 0.2) is 4.96 Å². The highest BCUT2D eigenvalue weighted by atomic mass is 32.2. The van der Waals surface area contributed by atoms with Gasteiger partial charge in [-0.05, 0) is 42.5 Å². The molecular weight excluding hydrogens is 501 g/mol. The topological polar surface area (TPSA) is 97.6 Å². The standard InChI is InChI=1S/C25H22FN5O3S2/c1-34-20-6-2-4-17(14-20)23-24(31-12-13-35-25(31)30-23)18-8-9-27-22(15-18)28-10-11-29-36(32,33)21-7-3-5-19(26)16-21/h2-9,12-16,29H,10-11H2,1H3,(H,27,28). The molecule has 5 rings (SSSR count). The lowest BCUT2D eigenvalue weighted by atomic mass is 10.1. The molecule has 3 aromatic heterocycles. The molecule has 0 fully saturated rings. The van der Waals surface area contributed by atoms with Gasteiger partial charge in [0.05, 0.1) is 23.4 Å². The number of fused-ring (bicyclic) bond motifs is 1. The van der Waals surface area contributed by atoms with Crippen LogP contribution in [0, 0.1) is 5.82 Å². The van der Waals surface area contributed by atoms with Crippen LogP contribution in [0.3, 0.4) is 0 Å². The number of pyridine rings is 1. The Balaban J connectivity index is 1.35. The maximum absolute atomic E-state index is 13.4. The monoisotopic (exact) mass is 523 g/mol. The Morgan fingerprint density at radius 2 is 1.92 bits per heavy atom. The summed E-state index contributed by atoms with van der Waals surface area (Å²) in [5.41, 5.74) is 3.56. The number of nitrogens with one attached hydrogen (secondary N) is 2. The minimum absolute atomic E-state index is 0.0985. The Kier molecular flexibility index (Phi) is 6.68. The molecule has 36 heavy (non-hydrogen) atoms. The van der Waals surface area contributed by atoms with Crippen LogP contribution in [0.1, 0.15) is 0 Å².